The summed E-state index contributed by atoms with van der Waals surface area (Å²) < 4.78 is 0. The molecule has 0 heterocycles. The molecule has 0 atom stereocenters. The highest BCUT2D eigenvalue weighted by molar-refractivity contribution is 5.71. The third-order valence-electron chi connectivity index (χ3n) is 0.841. The molecule has 0 rings (SSSR count). The molecule has 0 bridgehead atoms. The van der Waals surface area contributed by atoms with Gasteiger partial charge in [0.2, 0.25) is 0 Å². The Bertz CT molecular complexity index is 152. The summed E-state index contributed by atoms with van der Waals surface area (Å²) in [4.78, 5) is 4.00. The van der Waals surface area contributed by atoms with Crippen molar-refractivity contribution >= 4 is 6.21 Å². The van der Waals surface area contributed by atoms with E-state index in [0.29, 0.717) is 6.54 Å². The van der Waals surface area contributed by atoms with E-state index in [-0.39, 0.29) is 0 Å². The van der Waals surface area contributed by atoms with Crippen LogP contribution in [0.1, 0.15) is 6.92 Å². The summed E-state index contributed by atoms with van der Waals surface area (Å²) in [6.45, 7) is 6.21. The topological polar surface area (TPSA) is 12.4 Å². The van der Waals surface area contributed by atoms with E-state index < -0.39 is 0 Å². The Morgan fingerprint density at radius 2 is 2.10 bits per heavy atom. The van der Waals surface area contributed by atoms with E-state index in [1.54, 1.807) is 12.3 Å². The number of rotatable bonds is 4. The first-order valence-corrected chi connectivity index (χ1v) is 3.30. The first-order chi connectivity index (χ1) is 4.91. The highest BCUT2D eigenvalue weighted by Crippen LogP contribution is 1.74. The van der Waals surface area contributed by atoms with Crippen LogP contribution in [0.25, 0.3) is 0 Å². The van der Waals surface area contributed by atoms with E-state index in [2.05, 4.69) is 11.6 Å². The average molecular weight is 135 g/mol. The summed E-state index contributed by atoms with van der Waals surface area (Å²) in [5.41, 5.74) is 0. The number of hydrogen-bond acceptors (Lipinski definition) is 1. The van der Waals surface area contributed by atoms with Crippen LogP contribution >= 0.6 is 0 Å². The quantitative estimate of drug-likeness (QED) is 0.319. The second kappa shape index (κ2) is 7.89. The lowest BCUT2D eigenvalue weighted by Crippen LogP contribution is -1.69. The standard InChI is InChI=1S/C9H13N/c1-3-5-6-7-9-10-8-4-2/h3-7,9H,2,8H2,1H3/b5-3+,7-6+,10-9?. The molecule has 10 heavy (non-hydrogen) atoms. The molecular formula is C9H13N. The van der Waals surface area contributed by atoms with E-state index in [4.69, 9.17) is 0 Å². The monoisotopic (exact) mass is 135 g/mol. The zero-order valence-electron chi connectivity index (χ0n) is 6.33. The molecular weight excluding hydrogens is 122 g/mol. The van der Waals surface area contributed by atoms with Gasteiger partial charge in [0.1, 0.15) is 0 Å². The molecule has 54 valence electrons. The van der Waals surface area contributed by atoms with E-state index in [0.717, 1.165) is 0 Å². The fourth-order valence-electron chi connectivity index (χ4n) is 0.421. The van der Waals surface area contributed by atoms with E-state index in [1.807, 2.05) is 31.2 Å². The summed E-state index contributed by atoms with van der Waals surface area (Å²) in [5, 5.41) is 0. The van der Waals surface area contributed by atoms with Crippen LogP contribution in [0.15, 0.2) is 42.0 Å². The van der Waals surface area contributed by atoms with E-state index in [1.165, 1.54) is 0 Å². The SMILES string of the molecule is C=CCN=C/C=C/C=C/C. The lowest BCUT2D eigenvalue weighted by atomic mass is 10.4. The summed E-state index contributed by atoms with van der Waals surface area (Å²) in [7, 11) is 0. The molecule has 0 fully saturated rings. The molecule has 0 aromatic carbocycles. The van der Waals surface area contributed by atoms with E-state index in [9.17, 15) is 0 Å². The van der Waals surface area contributed by atoms with E-state index >= 15 is 0 Å². The summed E-state index contributed by atoms with van der Waals surface area (Å²) >= 11 is 0. The minimum atomic E-state index is 0.695. The van der Waals surface area contributed by atoms with Gasteiger partial charge in [-0.1, -0.05) is 24.3 Å². The van der Waals surface area contributed by atoms with Crippen molar-refractivity contribution in [3.05, 3.63) is 37.0 Å². The first-order valence-electron chi connectivity index (χ1n) is 3.30. The fraction of sp³-hybridized carbons (Fsp3) is 0.222. The maximum Gasteiger partial charge on any atom is 0.0567 e. The van der Waals surface area contributed by atoms with Gasteiger partial charge in [-0.05, 0) is 13.0 Å². The average Bonchev–Trinajstić information content (AvgIpc) is 1.97. The molecule has 0 saturated heterocycles. The van der Waals surface area contributed by atoms with Crippen molar-refractivity contribution in [2.24, 2.45) is 4.99 Å². The minimum absolute atomic E-state index is 0.695. The van der Waals surface area contributed by atoms with Crippen molar-refractivity contribution < 1.29 is 0 Å². The van der Waals surface area contributed by atoms with Crippen LogP contribution in [0.3, 0.4) is 0 Å². The molecule has 0 aliphatic heterocycles. The van der Waals surface area contributed by atoms with Crippen molar-refractivity contribution in [1.29, 1.82) is 0 Å². The van der Waals surface area contributed by atoms with Crippen LogP contribution in [0, 0.1) is 0 Å². The van der Waals surface area contributed by atoms with Crippen LogP contribution < -0.4 is 0 Å². The third-order valence-corrected chi connectivity index (χ3v) is 0.841. The Balaban J connectivity index is 3.41. The molecule has 0 aromatic rings. The largest absolute Gasteiger partial charge is 0.289 e. The Hall–Kier alpha value is -1.11. The molecule has 0 aromatic heterocycles. The zero-order valence-corrected chi connectivity index (χ0v) is 6.33. The van der Waals surface area contributed by atoms with Crippen LogP contribution in [-0.4, -0.2) is 12.8 Å². The second-order valence-electron chi connectivity index (χ2n) is 1.71. The summed E-state index contributed by atoms with van der Waals surface area (Å²) in [6, 6.07) is 0. The first kappa shape index (κ1) is 8.89. The molecule has 0 N–H and O–H groups in total. The van der Waals surface area contributed by atoms with Gasteiger partial charge in [-0.2, -0.15) is 0 Å². The lowest BCUT2D eigenvalue weighted by Gasteiger charge is -1.76. The number of nitrogens with zero attached hydrogens (tertiary/aromatic N) is 1. The predicted octanol–water partition coefficient (Wildman–Crippen LogP) is 2.38. The van der Waals surface area contributed by atoms with Crippen molar-refractivity contribution in [2.45, 2.75) is 6.92 Å². The van der Waals surface area contributed by atoms with Crippen LogP contribution in [0.5, 0.6) is 0 Å². The Labute approximate surface area is 62.5 Å². The molecule has 1 nitrogen and oxygen atoms in total. The zero-order chi connectivity index (χ0) is 7.66. The number of allylic oxidation sites excluding steroid dienone is 4. The van der Waals surface area contributed by atoms with Gasteiger partial charge in [-0.3, -0.25) is 4.99 Å². The predicted molar refractivity (Wildman–Crippen MR) is 47.5 cm³/mol. The van der Waals surface area contributed by atoms with Gasteiger partial charge in [0.25, 0.3) is 0 Å². The van der Waals surface area contributed by atoms with Gasteiger partial charge in [0.15, 0.2) is 0 Å². The van der Waals surface area contributed by atoms with Gasteiger partial charge in [0, 0.05) is 6.21 Å². The smallest absolute Gasteiger partial charge is 0.0567 e. The van der Waals surface area contributed by atoms with Gasteiger partial charge in [-0.25, -0.2) is 0 Å². The van der Waals surface area contributed by atoms with Gasteiger partial charge in [-0.15, -0.1) is 6.58 Å². The van der Waals surface area contributed by atoms with Crippen LogP contribution in [0.4, 0.5) is 0 Å². The summed E-state index contributed by atoms with van der Waals surface area (Å²) in [5.74, 6) is 0. The maximum atomic E-state index is 4.00. The second-order valence-corrected chi connectivity index (χ2v) is 1.71. The molecule has 0 unspecified atom stereocenters. The molecule has 0 amide bonds. The summed E-state index contributed by atoms with van der Waals surface area (Å²) in [6.07, 6.45) is 11.3. The third kappa shape index (κ3) is 6.89. The van der Waals surface area contributed by atoms with Gasteiger partial charge < -0.3 is 0 Å². The fourth-order valence-corrected chi connectivity index (χ4v) is 0.421. The Morgan fingerprint density at radius 3 is 2.70 bits per heavy atom. The van der Waals surface area contributed by atoms with Crippen molar-refractivity contribution in [3.8, 4) is 0 Å². The minimum Gasteiger partial charge on any atom is -0.289 e. The Kier molecular flexibility index (Phi) is 7.01. The lowest BCUT2D eigenvalue weighted by molar-refractivity contribution is 1.27. The maximum absolute atomic E-state index is 4.00. The molecule has 0 radical (unpaired) electrons. The van der Waals surface area contributed by atoms with Gasteiger partial charge >= 0.3 is 0 Å². The number of hydrogen-bond donors (Lipinski definition) is 0. The highest BCUT2D eigenvalue weighted by Gasteiger charge is 1.63. The molecule has 0 aliphatic rings. The molecule has 0 aliphatic carbocycles. The van der Waals surface area contributed by atoms with Crippen LogP contribution in [0.2, 0.25) is 0 Å². The Morgan fingerprint density at radius 1 is 1.30 bits per heavy atom. The molecule has 0 spiro atoms. The van der Waals surface area contributed by atoms with Crippen LogP contribution in [-0.2, 0) is 0 Å². The number of aliphatic imine (C=N–C) groups is 1. The van der Waals surface area contributed by atoms with Gasteiger partial charge in [0.05, 0.1) is 6.54 Å². The molecule has 1 heteroatoms. The van der Waals surface area contributed by atoms with Crippen molar-refractivity contribution in [2.75, 3.05) is 6.54 Å². The van der Waals surface area contributed by atoms with Crippen molar-refractivity contribution in [3.63, 3.8) is 0 Å². The normalized spacial score (nSPS) is 12.1. The van der Waals surface area contributed by atoms with Crippen molar-refractivity contribution in [1.82, 2.24) is 0 Å². The molecule has 0 saturated carbocycles. The highest BCUT2D eigenvalue weighted by atomic mass is 14.7.